The van der Waals surface area contributed by atoms with E-state index < -0.39 is 0 Å². The molecule has 0 spiro atoms. The SMILES string of the molecule is C[n+]1ccn(C(=O)N(Cc2ccsc2)C2CC2)c1.[I-]. The standard InChI is InChI=1S/C13H16N3OS.HI/c1-14-5-6-15(10-14)13(17)16(12-2-3-12)8-11-4-7-18-9-11;/h4-7,9-10,12H,2-3,8H2,1H3;1H/q+1;/p-1. The van der Waals surface area contributed by atoms with E-state index in [-0.39, 0.29) is 30.0 Å². The van der Waals surface area contributed by atoms with Crippen molar-refractivity contribution in [1.82, 2.24) is 9.47 Å². The number of rotatable bonds is 3. The number of amides is 1. The number of aryl methyl sites for hydroxylation is 1. The maximum absolute atomic E-state index is 12.4. The van der Waals surface area contributed by atoms with Crippen LogP contribution in [0, 0.1) is 0 Å². The first kappa shape index (κ1) is 14.5. The van der Waals surface area contributed by atoms with Crippen LogP contribution in [0.15, 0.2) is 35.5 Å². The summed E-state index contributed by atoms with van der Waals surface area (Å²) < 4.78 is 3.54. The second-order valence-electron chi connectivity index (χ2n) is 4.76. The molecular formula is C13H16IN3OS. The van der Waals surface area contributed by atoms with E-state index >= 15 is 0 Å². The third-order valence-corrected chi connectivity index (χ3v) is 3.89. The summed E-state index contributed by atoms with van der Waals surface area (Å²) in [5.74, 6) is 0. The number of imidazole rings is 1. The molecule has 0 saturated heterocycles. The molecule has 1 saturated carbocycles. The number of halogens is 1. The lowest BCUT2D eigenvalue weighted by Crippen LogP contribution is -3.00. The number of aromatic nitrogens is 2. The van der Waals surface area contributed by atoms with Gasteiger partial charge in [0.15, 0.2) is 0 Å². The van der Waals surface area contributed by atoms with E-state index in [9.17, 15) is 4.79 Å². The Balaban J connectivity index is 0.00000133. The number of thiophene rings is 1. The summed E-state index contributed by atoms with van der Waals surface area (Å²) in [5, 5.41) is 4.17. The zero-order valence-corrected chi connectivity index (χ0v) is 13.7. The summed E-state index contributed by atoms with van der Waals surface area (Å²) >= 11 is 1.68. The van der Waals surface area contributed by atoms with Gasteiger partial charge in [-0.25, -0.2) is 9.36 Å². The van der Waals surface area contributed by atoms with Gasteiger partial charge in [-0.15, -0.1) is 0 Å². The summed E-state index contributed by atoms with van der Waals surface area (Å²) in [6.45, 7) is 0.717. The second-order valence-corrected chi connectivity index (χ2v) is 5.54. The van der Waals surface area contributed by atoms with Gasteiger partial charge in [0, 0.05) is 6.04 Å². The number of hydrogen-bond acceptors (Lipinski definition) is 2. The van der Waals surface area contributed by atoms with Gasteiger partial charge in [-0.3, -0.25) is 4.90 Å². The molecule has 1 aliphatic rings. The van der Waals surface area contributed by atoms with E-state index in [1.807, 2.05) is 35.2 Å². The zero-order chi connectivity index (χ0) is 12.5. The Morgan fingerprint density at radius 1 is 1.58 bits per heavy atom. The van der Waals surface area contributed by atoms with E-state index in [0.29, 0.717) is 6.04 Å². The molecule has 0 N–H and O–H groups in total. The lowest BCUT2D eigenvalue weighted by molar-refractivity contribution is -0.670. The monoisotopic (exact) mass is 389 g/mol. The molecule has 2 aromatic rings. The molecule has 1 amide bonds. The summed E-state index contributed by atoms with van der Waals surface area (Å²) in [4.78, 5) is 14.4. The van der Waals surface area contributed by atoms with E-state index in [0.717, 1.165) is 19.4 Å². The van der Waals surface area contributed by atoms with Crippen molar-refractivity contribution in [3.8, 4) is 0 Å². The number of carbonyl (C=O) groups is 1. The molecular weight excluding hydrogens is 373 g/mol. The van der Waals surface area contributed by atoms with Gasteiger partial charge >= 0.3 is 6.03 Å². The Bertz CT molecular complexity index is 548. The predicted molar refractivity (Wildman–Crippen MR) is 69.3 cm³/mol. The van der Waals surface area contributed by atoms with Crippen LogP contribution in [0.1, 0.15) is 18.4 Å². The summed E-state index contributed by atoms with van der Waals surface area (Å²) in [5.41, 5.74) is 1.22. The minimum Gasteiger partial charge on any atom is -1.00 e. The van der Waals surface area contributed by atoms with Crippen LogP contribution >= 0.6 is 11.3 Å². The minimum absolute atomic E-state index is 0. The lowest BCUT2D eigenvalue weighted by Gasteiger charge is -2.18. The van der Waals surface area contributed by atoms with Crippen molar-refractivity contribution in [3.05, 3.63) is 41.1 Å². The van der Waals surface area contributed by atoms with Gasteiger partial charge < -0.3 is 24.0 Å². The third kappa shape index (κ3) is 3.36. The highest BCUT2D eigenvalue weighted by Gasteiger charge is 2.35. The Labute approximate surface area is 133 Å². The molecule has 0 radical (unpaired) electrons. The molecule has 1 aliphatic carbocycles. The van der Waals surface area contributed by atoms with Gasteiger partial charge in [-0.2, -0.15) is 15.9 Å². The van der Waals surface area contributed by atoms with Crippen molar-refractivity contribution >= 4 is 17.4 Å². The van der Waals surface area contributed by atoms with Crippen molar-refractivity contribution in [2.45, 2.75) is 25.4 Å². The molecule has 0 aromatic carbocycles. The molecule has 102 valence electrons. The average Bonchev–Trinajstić information content (AvgIpc) is 2.88. The molecule has 1 fully saturated rings. The van der Waals surface area contributed by atoms with Gasteiger partial charge in [-0.1, -0.05) is 0 Å². The van der Waals surface area contributed by atoms with Gasteiger partial charge in [0.05, 0.1) is 13.6 Å². The molecule has 3 rings (SSSR count). The second kappa shape index (κ2) is 6.04. The Hall–Kier alpha value is -0.890. The molecule has 19 heavy (non-hydrogen) atoms. The van der Waals surface area contributed by atoms with Crippen LogP contribution in [0.2, 0.25) is 0 Å². The molecule has 0 aliphatic heterocycles. The number of nitrogens with zero attached hydrogens (tertiary/aromatic N) is 3. The molecule has 6 heteroatoms. The smallest absolute Gasteiger partial charge is 0.416 e. The summed E-state index contributed by atoms with van der Waals surface area (Å²) in [6.07, 6.45) is 7.76. The van der Waals surface area contributed by atoms with E-state index in [4.69, 9.17) is 0 Å². The van der Waals surface area contributed by atoms with E-state index in [1.54, 1.807) is 15.9 Å². The Kier molecular flexibility index (Phi) is 4.62. The minimum atomic E-state index is 0. The highest BCUT2D eigenvalue weighted by atomic mass is 127. The van der Waals surface area contributed by atoms with Gasteiger partial charge in [-0.05, 0) is 35.2 Å². The number of hydrogen-bond donors (Lipinski definition) is 0. The number of carbonyl (C=O) groups excluding carboxylic acids is 1. The molecule has 2 heterocycles. The van der Waals surface area contributed by atoms with Crippen molar-refractivity contribution < 1.29 is 33.3 Å². The highest BCUT2D eigenvalue weighted by Crippen LogP contribution is 2.29. The zero-order valence-electron chi connectivity index (χ0n) is 10.7. The normalized spacial score (nSPS) is 13.9. The van der Waals surface area contributed by atoms with Crippen molar-refractivity contribution in [1.29, 1.82) is 0 Å². The fourth-order valence-electron chi connectivity index (χ4n) is 2.03. The van der Waals surface area contributed by atoms with Gasteiger partial charge in [0.2, 0.25) is 0 Å². The van der Waals surface area contributed by atoms with E-state index in [1.165, 1.54) is 5.56 Å². The molecule has 4 nitrogen and oxygen atoms in total. The summed E-state index contributed by atoms with van der Waals surface area (Å²) in [7, 11) is 1.92. The fourth-order valence-corrected chi connectivity index (χ4v) is 2.69. The molecule has 0 bridgehead atoms. The molecule has 0 atom stereocenters. The van der Waals surface area contributed by atoms with Crippen molar-refractivity contribution in [3.63, 3.8) is 0 Å². The first-order valence-corrected chi connectivity index (χ1v) is 7.03. The van der Waals surface area contributed by atoms with Crippen molar-refractivity contribution in [2.24, 2.45) is 7.05 Å². The van der Waals surface area contributed by atoms with Crippen LogP contribution in [0.25, 0.3) is 0 Å². The maximum Gasteiger partial charge on any atom is 0.416 e. The first-order chi connectivity index (χ1) is 8.74. The topological polar surface area (TPSA) is 29.1 Å². The largest absolute Gasteiger partial charge is 1.00 e. The van der Waals surface area contributed by atoms with Crippen molar-refractivity contribution in [2.75, 3.05) is 0 Å². The van der Waals surface area contributed by atoms with Gasteiger partial charge in [0.25, 0.3) is 6.33 Å². The predicted octanol–water partition coefficient (Wildman–Crippen LogP) is -0.989. The Morgan fingerprint density at radius 2 is 2.37 bits per heavy atom. The molecule has 0 unspecified atom stereocenters. The van der Waals surface area contributed by atoms with Crippen LogP contribution in [-0.2, 0) is 13.6 Å². The van der Waals surface area contributed by atoms with Crippen LogP contribution < -0.4 is 28.5 Å². The van der Waals surface area contributed by atoms with E-state index in [2.05, 4.69) is 16.8 Å². The lowest BCUT2D eigenvalue weighted by atomic mass is 10.3. The van der Waals surface area contributed by atoms with Crippen LogP contribution in [0.4, 0.5) is 4.79 Å². The highest BCUT2D eigenvalue weighted by molar-refractivity contribution is 7.07. The summed E-state index contributed by atoms with van der Waals surface area (Å²) in [6, 6.07) is 2.58. The quantitative estimate of drug-likeness (QED) is 0.490. The average molecular weight is 389 g/mol. The van der Waals surface area contributed by atoms with Crippen LogP contribution in [0.5, 0.6) is 0 Å². The van der Waals surface area contributed by atoms with Crippen LogP contribution in [0.3, 0.4) is 0 Å². The third-order valence-electron chi connectivity index (χ3n) is 3.16. The van der Waals surface area contributed by atoms with Gasteiger partial charge in [0.1, 0.15) is 12.4 Å². The molecule has 2 aromatic heterocycles. The fraction of sp³-hybridized carbons (Fsp3) is 0.385. The maximum atomic E-state index is 12.4. The van der Waals surface area contributed by atoms with Crippen LogP contribution in [-0.4, -0.2) is 21.5 Å². The first-order valence-electron chi connectivity index (χ1n) is 6.09. The Morgan fingerprint density at radius 3 is 2.89 bits per heavy atom.